The Balaban J connectivity index is 1.75. The van der Waals surface area contributed by atoms with Crippen LogP contribution in [0.3, 0.4) is 0 Å². The van der Waals surface area contributed by atoms with Crippen LogP contribution in [0.15, 0.2) is 23.0 Å². The number of rotatable bonds is 1. The van der Waals surface area contributed by atoms with Crippen LogP contribution in [0.1, 0.15) is 41.9 Å². The maximum Gasteiger partial charge on any atom is 0.261 e. The molecule has 0 unspecified atom stereocenters. The Morgan fingerprint density at radius 3 is 2.75 bits per heavy atom. The van der Waals surface area contributed by atoms with Crippen molar-refractivity contribution in [1.82, 2.24) is 14.5 Å². The van der Waals surface area contributed by atoms with Gasteiger partial charge in [0, 0.05) is 31.6 Å². The average molecular weight is 327 g/mol. The zero-order valence-corrected chi connectivity index (χ0v) is 13.6. The largest absolute Gasteiger partial charge is 0.389 e. The molecule has 2 aromatic rings. The van der Waals surface area contributed by atoms with Crippen molar-refractivity contribution in [2.45, 2.75) is 44.8 Å². The highest BCUT2D eigenvalue weighted by Gasteiger charge is 2.29. The molecule has 1 N–H and O–H groups in total. The number of aliphatic hydroxyl groups excluding tert-OH is 1. The minimum absolute atomic E-state index is 0.00438. The third kappa shape index (κ3) is 2.60. The number of aromatic nitrogens is 2. The molecule has 1 aromatic carbocycles. The van der Waals surface area contributed by atoms with Crippen molar-refractivity contribution < 1.29 is 9.90 Å². The summed E-state index contributed by atoms with van der Waals surface area (Å²) in [6, 6.07) is 5.11. The average Bonchev–Trinajstić information content (AvgIpc) is 2.53. The minimum atomic E-state index is -0.420. The van der Waals surface area contributed by atoms with Gasteiger partial charge in [-0.15, -0.1) is 0 Å². The van der Waals surface area contributed by atoms with E-state index in [4.69, 9.17) is 0 Å². The first-order chi connectivity index (χ1) is 11.6. The second-order valence-electron chi connectivity index (χ2n) is 6.74. The molecule has 1 amide bonds. The van der Waals surface area contributed by atoms with Gasteiger partial charge in [0.25, 0.3) is 11.5 Å². The van der Waals surface area contributed by atoms with Gasteiger partial charge in [-0.25, -0.2) is 4.98 Å². The highest BCUT2D eigenvalue weighted by Crippen LogP contribution is 2.19. The molecule has 0 radical (unpaired) electrons. The van der Waals surface area contributed by atoms with Crippen LogP contribution in [-0.4, -0.2) is 44.7 Å². The molecule has 2 aliphatic rings. The number of nitrogens with zero attached hydrogens (tertiary/aromatic N) is 3. The summed E-state index contributed by atoms with van der Waals surface area (Å²) in [4.78, 5) is 31.4. The van der Waals surface area contributed by atoms with E-state index in [-0.39, 0.29) is 11.5 Å². The first-order valence-electron chi connectivity index (χ1n) is 8.64. The topological polar surface area (TPSA) is 75.4 Å². The number of aliphatic hydroxyl groups is 1. The van der Waals surface area contributed by atoms with Crippen LogP contribution in [0.25, 0.3) is 10.9 Å². The fourth-order valence-corrected chi connectivity index (χ4v) is 3.53. The lowest BCUT2D eigenvalue weighted by Crippen LogP contribution is -2.53. The molecule has 6 heteroatoms. The number of β-amino-alcohol motifs (C(OH)–C–C–N with tert-alkyl or cyclic N) is 1. The van der Waals surface area contributed by atoms with Gasteiger partial charge in [-0.05, 0) is 31.0 Å². The molecule has 1 aromatic heterocycles. The Morgan fingerprint density at radius 2 is 1.96 bits per heavy atom. The molecule has 0 atom stereocenters. The number of likely N-dealkylation sites (tertiary alicyclic amines) is 1. The number of hydrogen-bond acceptors (Lipinski definition) is 4. The van der Waals surface area contributed by atoms with Gasteiger partial charge >= 0.3 is 0 Å². The van der Waals surface area contributed by atoms with Crippen LogP contribution in [0.2, 0.25) is 0 Å². The Labute approximate surface area is 139 Å². The summed E-state index contributed by atoms with van der Waals surface area (Å²) in [7, 11) is 0. The second kappa shape index (κ2) is 6.02. The number of fused-ring (bicyclic) bond motifs is 2. The molecule has 1 fully saturated rings. The maximum atomic E-state index is 12.8. The number of amides is 1. The van der Waals surface area contributed by atoms with Gasteiger partial charge in [-0.1, -0.05) is 12.8 Å². The Morgan fingerprint density at radius 1 is 1.17 bits per heavy atom. The zero-order valence-electron chi connectivity index (χ0n) is 13.6. The quantitative estimate of drug-likeness (QED) is 0.857. The van der Waals surface area contributed by atoms with Crippen LogP contribution < -0.4 is 5.56 Å². The van der Waals surface area contributed by atoms with Crippen LogP contribution in [0.5, 0.6) is 0 Å². The van der Waals surface area contributed by atoms with E-state index in [0.717, 1.165) is 38.1 Å². The van der Waals surface area contributed by atoms with Gasteiger partial charge in [0.2, 0.25) is 0 Å². The Bertz CT molecular complexity index is 852. The summed E-state index contributed by atoms with van der Waals surface area (Å²) < 4.78 is 1.80. The molecule has 0 bridgehead atoms. The van der Waals surface area contributed by atoms with E-state index in [0.29, 0.717) is 29.6 Å². The summed E-state index contributed by atoms with van der Waals surface area (Å²) in [5, 5.41) is 9.92. The van der Waals surface area contributed by atoms with Crippen molar-refractivity contribution in [3.8, 4) is 0 Å². The predicted octanol–water partition coefficient (Wildman–Crippen LogP) is 1.33. The lowest BCUT2D eigenvalue weighted by molar-refractivity contribution is 0.00590. The van der Waals surface area contributed by atoms with Gasteiger partial charge < -0.3 is 10.0 Å². The van der Waals surface area contributed by atoms with E-state index in [1.807, 2.05) is 0 Å². The Kier molecular flexibility index (Phi) is 3.84. The summed E-state index contributed by atoms with van der Waals surface area (Å²) >= 11 is 0. The second-order valence-corrected chi connectivity index (χ2v) is 6.74. The number of carbonyl (C=O) groups is 1. The number of benzene rings is 1. The van der Waals surface area contributed by atoms with Crippen LogP contribution >= 0.6 is 0 Å². The van der Waals surface area contributed by atoms with Crippen LogP contribution in [-0.2, 0) is 13.0 Å². The summed E-state index contributed by atoms with van der Waals surface area (Å²) in [5.41, 5.74) is 1.12. The van der Waals surface area contributed by atoms with Gasteiger partial charge in [0.15, 0.2) is 0 Å². The summed E-state index contributed by atoms with van der Waals surface area (Å²) in [6.07, 6.45) is 4.76. The van der Waals surface area contributed by atoms with Crippen molar-refractivity contribution in [1.29, 1.82) is 0 Å². The highest BCUT2D eigenvalue weighted by molar-refractivity contribution is 5.98. The van der Waals surface area contributed by atoms with E-state index in [1.165, 1.54) is 6.42 Å². The summed E-state index contributed by atoms with van der Waals surface area (Å²) in [5.74, 6) is 0.715. The van der Waals surface area contributed by atoms with Crippen molar-refractivity contribution in [3.05, 3.63) is 39.9 Å². The van der Waals surface area contributed by atoms with Crippen molar-refractivity contribution in [3.63, 3.8) is 0 Å². The molecule has 6 nitrogen and oxygen atoms in total. The lowest BCUT2D eigenvalue weighted by atomic mass is 10.1. The fraction of sp³-hybridized carbons (Fsp3) is 0.500. The molecule has 3 heterocycles. The van der Waals surface area contributed by atoms with Crippen LogP contribution in [0.4, 0.5) is 0 Å². The Hall–Kier alpha value is -2.21. The smallest absolute Gasteiger partial charge is 0.261 e. The standard InChI is InChI=1S/C18H21N3O3/c22-13-10-20(11-13)17(23)12-6-7-14-15(9-12)19-16-5-3-1-2-4-8-21(16)18(14)24/h6-7,9,13,22H,1-5,8,10-11H2. The highest BCUT2D eigenvalue weighted by atomic mass is 16.3. The van der Waals surface area contributed by atoms with Crippen LogP contribution in [0, 0.1) is 0 Å². The molecule has 126 valence electrons. The monoisotopic (exact) mass is 327 g/mol. The van der Waals surface area contributed by atoms with E-state index >= 15 is 0 Å². The molecule has 0 saturated carbocycles. The number of carbonyl (C=O) groups excluding carboxylic acids is 1. The molecule has 1 saturated heterocycles. The van der Waals surface area contributed by atoms with Crippen molar-refractivity contribution in [2.24, 2.45) is 0 Å². The third-order valence-electron chi connectivity index (χ3n) is 4.96. The van der Waals surface area contributed by atoms with Gasteiger partial charge in [-0.3, -0.25) is 14.2 Å². The molecule has 4 rings (SSSR count). The molecular weight excluding hydrogens is 306 g/mol. The maximum absolute atomic E-state index is 12.8. The summed E-state index contributed by atoms with van der Waals surface area (Å²) in [6.45, 7) is 1.47. The van der Waals surface area contributed by atoms with Crippen molar-refractivity contribution >= 4 is 16.8 Å². The zero-order chi connectivity index (χ0) is 16.7. The molecule has 0 aliphatic carbocycles. The van der Waals surface area contributed by atoms with E-state index < -0.39 is 6.10 Å². The lowest BCUT2D eigenvalue weighted by Gasteiger charge is -2.35. The van der Waals surface area contributed by atoms with E-state index in [1.54, 1.807) is 27.7 Å². The predicted molar refractivity (Wildman–Crippen MR) is 90.1 cm³/mol. The molecule has 2 aliphatic heterocycles. The number of aryl methyl sites for hydroxylation is 1. The first-order valence-corrected chi connectivity index (χ1v) is 8.64. The minimum Gasteiger partial charge on any atom is -0.389 e. The normalized spacial score (nSPS) is 18.6. The molecule has 0 spiro atoms. The molecular formula is C18H21N3O3. The SMILES string of the molecule is O=C(c1ccc2c(=O)n3c(nc2c1)CCCCCC3)N1CC(O)C1. The number of hydrogen-bond donors (Lipinski definition) is 1. The molecule has 24 heavy (non-hydrogen) atoms. The van der Waals surface area contributed by atoms with Gasteiger partial charge in [-0.2, -0.15) is 0 Å². The van der Waals surface area contributed by atoms with E-state index in [2.05, 4.69) is 4.98 Å². The van der Waals surface area contributed by atoms with Gasteiger partial charge in [0.1, 0.15) is 5.82 Å². The first kappa shape index (κ1) is 15.3. The van der Waals surface area contributed by atoms with E-state index in [9.17, 15) is 14.7 Å². The fourth-order valence-electron chi connectivity index (χ4n) is 3.53. The third-order valence-corrected chi connectivity index (χ3v) is 4.96. The van der Waals surface area contributed by atoms with Gasteiger partial charge in [0.05, 0.1) is 17.0 Å². The van der Waals surface area contributed by atoms with Crippen molar-refractivity contribution in [2.75, 3.05) is 13.1 Å².